The van der Waals surface area contributed by atoms with Crippen LogP contribution in [0.4, 0.5) is 21.7 Å². The Morgan fingerprint density at radius 1 is 1.21 bits per heavy atom. The first-order valence-electron chi connectivity index (χ1n) is 11.7. The Morgan fingerprint density at radius 2 is 2.00 bits per heavy atom. The first-order chi connectivity index (χ1) is 18.3. The van der Waals surface area contributed by atoms with Gasteiger partial charge in [-0.1, -0.05) is 12.1 Å². The van der Waals surface area contributed by atoms with Crippen molar-refractivity contribution in [2.45, 2.75) is 25.7 Å². The highest BCUT2D eigenvalue weighted by molar-refractivity contribution is 5.79. The Labute approximate surface area is 216 Å². The Kier molecular flexibility index (Phi) is 8.07. The van der Waals surface area contributed by atoms with E-state index < -0.39 is 23.8 Å². The molecule has 0 amide bonds. The van der Waals surface area contributed by atoms with E-state index in [1.54, 1.807) is 31.2 Å². The molecule has 4 aromatic rings. The summed E-state index contributed by atoms with van der Waals surface area (Å²) < 4.78 is 16.0. The summed E-state index contributed by atoms with van der Waals surface area (Å²) in [7, 11) is 0. The van der Waals surface area contributed by atoms with E-state index >= 15 is 0 Å². The van der Waals surface area contributed by atoms with Gasteiger partial charge in [-0.05, 0) is 43.7 Å². The number of para-hydroxylation sites is 1. The van der Waals surface area contributed by atoms with Crippen molar-refractivity contribution in [3.63, 3.8) is 0 Å². The van der Waals surface area contributed by atoms with Crippen LogP contribution in [-0.4, -0.2) is 49.2 Å². The maximum atomic E-state index is 14.7. The predicted molar refractivity (Wildman–Crippen MR) is 140 cm³/mol. The van der Waals surface area contributed by atoms with Crippen molar-refractivity contribution in [2.75, 3.05) is 29.5 Å². The molecule has 0 spiro atoms. The number of anilines is 3. The molecule has 0 aliphatic carbocycles. The second-order valence-electron chi connectivity index (χ2n) is 8.34. The second-order valence-corrected chi connectivity index (χ2v) is 8.34. The van der Waals surface area contributed by atoms with Gasteiger partial charge in [0.2, 0.25) is 0 Å². The number of nitriles is 1. The molecule has 2 heterocycles. The molecule has 1 unspecified atom stereocenters. The average molecular weight is 520 g/mol. The zero-order valence-electron chi connectivity index (χ0n) is 20.4. The van der Waals surface area contributed by atoms with Crippen LogP contribution in [0.25, 0.3) is 16.6 Å². The van der Waals surface area contributed by atoms with Gasteiger partial charge in [0.15, 0.2) is 6.35 Å². The summed E-state index contributed by atoms with van der Waals surface area (Å²) >= 11 is 0. The first kappa shape index (κ1) is 26.4. The van der Waals surface area contributed by atoms with E-state index in [0.717, 1.165) is 0 Å². The van der Waals surface area contributed by atoms with Crippen molar-refractivity contribution in [1.82, 2.24) is 24.8 Å². The summed E-state index contributed by atoms with van der Waals surface area (Å²) in [5.74, 6) is -0.393. The van der Waals surface area contributed by atoms with Gasteiger partial charge in [0.05, 0.1) is 17.1 Å². The second kappa shape index (κ2) is 11.6. The lowest BCUT2D eigenvalue weighted by Crippen LogP contribution is -2.36. The minimum atomic E-state index is -1.11. The van der Waals surface area contributed by atoms with E-state index in [1.807, 2.05) is 6.07 Å². The third kappa shape index (κ3) is 5.52. The number of benzene rings is 2. The standard InChI is InChI=1S/C25H26FN9O3/c1-14(32-22-18(12-27)21(28)30-13-31-22)23-34-20-17(7-3-8-19(20)26)24(37)35(23)16-6-2-5-15(11-16)33-25(38)29-9-4-10-36/h2-3,5-8,11,13-14,25,29,33,36,38H,4,9-10H2,1H3,(H3,28,30,31,32)/t14-,25?/m0/s1. The van der Waals surface area contributed by atoms with Crippen LogP contribution in [0.15, 0.2) is 53.6 Å². The minimum Gasteiger partial charge on any atom is -0.396 e. The molecule has 0 saturated heterocycles. The highest BCUT2D eigenvalue weighted by atomic mass is 19.1. The summed E-state index contributed by atoms with van der Waals surface area (Å²) in [5, 5.41) is 37.4. The van der Waals surface area contributed by atoms with Gasteiger partial charge in [0.1, 0.15) is 46.8 Å². The van der Waals surface area contributed by atoms with Crippen LogP contribution in [-0.2, 0) is 0 Å². The van der Waals surface area contributed by atoms with Crippen molar-refractivity contribution in [2.24, 2.45) is 0 Å². The molecule has 0 fully saturated rings. The van der Waals surface area contributed by atoms with Gasteiger partial charge >= 0.3 is 0 Å². The molecule has 196 valence electrons. The number of halogens is 1. The molecule has 13 heteroatoms. The smallest absolute Gasteiger partial charge is 0.266 e. The fourth-order valence-electron chi connectivity index (χ4n) is 3.88. The van der Waals surface area contributed by atoms with Gasteiger partial charge in [-0.15, -0.1) is 0 Å². The number of aliphatic hydroxyl groups excluding tert-OH is 2. The monoisotopic (exact) mass is 519 g/mol. The number of aromatic nitrogens is 4. The van der Waals surface area contributed by atoms with E-state index in [2.05, 4.69) is 30.9 Å². The highest BCUT2D eigenvalue weighted by Crippen LogP contribution is 2.25. The van der Waals surface area contributed by atoms with Crippen LogP contribution in [0.1, 0.15) is 30.8 Å². The van der Waals surface area contributed by atoms with E-state index in [-0.39, 0.29) is 40.5 Å². The van der Waals surface area contributed by atoms with Crippen molar-refractivity contribution in [3.8, 4) is 11.8 Å². The van der Waals surface area contributed by atoms with Gasteiger partial charge in [-0.3, -0.25) is 14.7 Å². The summed E-state index contributed by atoms with van der Waals surface area (Å²) in [6, 6.07) is 12.0. The number of nitrogens with one attached hydrogen (secondary N) is 3. The molecule has 0 aliphatic rings. The van der Waals surface area contributed by atoms with Crippen LogP contribution in [0.5, 0.6) is 0 Å². The molecule has 0 bridgehead atoms. The van der Waals surface area contributed by atoms with Gasteiger partial charge in [-0.25, -0.2) is 19.3 Å². The van der Waals surface area contributed by atoms with Crippen LogP contribution >= 0.6 is 0 Å². The average Bonchev–Trinajstić information content (AvgIpc) is 2.89. The minimum absolute atomic E-state index is 0.0137. The van der Waals surface area contributed by atoms with E-state index in [9.17, 15) is 19.6 Å². The Balaban J connectivity index is 1.80. The third-order valence-electron chi connectivity index (χ3n) is 5.68. The maximum absolute atomic E-state index is 14.7. The van der Waals surface area contributed by atoms with Crippen LogP contribution < -0.4 is 27.2 Å². The molecule has 0 aliphatic heterocycles. The van der Waals surface area contributed by atoms with Crippen molar-refractivity contribution in [1.29, 1.82) is 5.26 Å². The van der Waals surface area contributed by atoms with E-state index in [1.165, 1.54) is 29.1 Å². The normalized spacial score (nSPS) is 12.6. The summed E-state index contributed by atoms with van der Waals surface area (Å²) in [5.41, 5.74) is 6.09. The van der Waals surface area contributed by atoms with Crippen LogP contribution in [0.3, 0.4) is 0 Å². The molecule has 2 aromatic heterocycles. The van der Waals surface area contributed by atoms with Gasteiger partial charge in [0.25, 0.3) is 5.56 Å². The van der Waals surface area contributed by atoms with Crippen LogP contribution in [0, 0.1) is 17.1 Å². The molecule has 0 radical (unpaired) electrons. The number of nitrogens with zero attached hydrogens (tertiary/aromatic N) is 5. The molecule has 12 nitrogen and oxygen atoms in total. The Bertz CT molecular complexity index is 1550. The van der Waals surface area contributed by atoms with Crippen molar-refractivity contribution in [3.05, 3.63) is 76.4 Å². The molecular formula is C25H26FN9O3. The van der Waals surface area contributed by atoms with Gasteiger partial charge < -0.3 is 26.6 Å². The quantitative estimate of drug-likeness (QED) is 0.132. The lowest BCUT2D eigenvalue weighted by atomic mass is 10.2. The molecule has 0 saturated carbocycles. The molecule has 2 atom stereocenters. The van der Waals surface area contributed by atoms with Gasteiger partial charge in [-0.2, -0.15) is 5.26 Å². The Morgan fingerprint density at radius 3 is 2.76 bits per heavy atom. The fraction of sp³-hybridized carbons (Fsp3) is 0.240. The zero-order chi connectivity index (χ0) is 27.2. The summed E-state index contributed by atoms with van der Waals surface area (Å²) in [4.78, 5) is 26.1. The topological polar surface area (TPSA) is 187 Å². The number of fused-ring (bicyclic) bond motifs is 1. The zero-order valence-corrected chi connectivity index (χ0v) is 20.4. The lowest BCUT2D eigenvalue weighted by Gasteiger charge is -2.21. The van der Waals surface area contributed by atoms with Crippen molar-refractivity contribution < 1.29 is 14.6 Å². The fourth-order valence-corrected chi connectivity index (χ4v) is 3.88. The SMILES string of the molecule is C[C@H](Nc1ncnc(N)c1C#N)c1nc2c(F)cccc2c(=O)n1-c1cccc(NC(O)NCCCO)c1. The number of aliphatic hydroxyl groups is 2. The van der Waals surface area contributed by atoms with Gasteiger partial charge in [0, 0.05) is 18.8 Å². The van der Waals surface area contributed by atoms with Crippen molar-refractivity contribution >= 4 is 28.2 Å². The largest absolute Gasteiger partial charge is 0.396 e. The molecule has 2 aromatic carbocycles. The predicted octanol–water partition coefficient (Wildman–Crippen LogP) is 1.60. The lowest BCUT2D eigenvalue weighted by molar-refractivity contribution is 0.161. The summed E-state index contributed by atoms with van der Waals surface area (Å²) in [6.07, 6.45) is 0.554. The molecule has 4 rings (SSSR count). The number of hydrogen-bond acceptors (Lipinski definition) is 11. The van der Waals surface area contributed by atoms with Crippen LogP contribution in [0.2, 0.25) is 0 Å². The molecule has 7 N–H and O–H groups in total. The molecular weight excluding hydrogens is 493 g/mol. The maximum Gasteiger partial charge on any atom is 0.266 e. The first-order valence-corrected chi connectivity index (χ1v) is 11.7. The third-order valence-corrected chi connectivity index (χ3v) is 5.68. The summed E-state index contributed by atoms with van der Waals surface area (Å²) in [6.45, 7) is 2.05. The van der Waals surface area contributed by atoms with E-state index in [4.69, 9.17) is 10.8 Å². The number of nitrogen functional groups attached to an aromatic ring is 1. The number of nitrogens with two attached hydrogens (primary N) is 1. The number of rotatable bonds is 10. The molecule has 38 heavy (non-hydrogen) atoms. The highest BCUT2D eigenvalue weighted by Gasteiger charge is 2.22. The Hall–Kier alpha value is -4.64. The van der Waals surface area contributed by atoms with E-state index in [0.29, 0.717) is 24.3 Å². The number of hydrogen-bond donors (Lipinski definition) is 6.